The van der Waals surface area contributed by atoms with Crippen LogP contribution in [0.1, 0.15) is 42.4 Å². The van der Waals surface area contributed by atoms with Gasteiger partial charge in [0.1, 0.15) is 17.1 Å². The number of ether oxygens (including phenoxy) is 3. The van der Waals surface area contributed by atoms with E-state index in [9.17, 15) is 5.11 Å². The number of aliphatic hydroxyl groups is 1. The summed E-state index contributed by atoms with van der Waals surface area (Å²) < 4.78 is 17.6. The number of rotatable bonds is 17. The molecule has 206 valence electrons. The summed E-state index contributed by atoms with van der Waals surface area (Å²) in [5.41, 5.74) is 1.97. The Bertz CT molecular complexity index is 994. The molecule has 3 rings (SSSR count). The molecule has 0 saturated heterocycles. The average Bonchev–Trinajstić information content (AvgIpc) is 2.96. The number of hydrogen-bond acceptors (Lipinski definition) is 6. The highest BCUT2D eigenvalue weighted by Crippen LogP contribution is 2.41. The van der Waals surface area contributed by atoms with Gasteiger partial charge in [0, 0.05) is 6.54 Å². The number of likely N-dealkylation sites (N-methyl/N-ethyl adjacent to an activating group) is 1. The van der Waals surface area contributed by atoms with Crippen LogP contribution in [0.2, 0.25) is 0 Å². The quantitative estimate of drug-likeness (QED) is 0.191. The number of methoxy groups -OCH3 is 2. The summed E-state index contributed by atoms with van der Waals surface area (Å²) in [6.45, 7) is 2.75. The molecule has 0 heterocycles. The largest absolute Gasteiger partial charge is 0.497 e. The zero-order valence-electron chi connectivity index (χ0n) is 23.4. The minimum Gasteiger partial charge on any atom is -0.497 e. The van der Waals surface area contributed by atoms with E-state index in [4.69, 9.17) is 14.2 Å². The third-order valence-corrected chi connectivity index (χ3v) is 6.90. The maximum absolute atomic E-state index is 11.0. The molecule has 0 unspecified atom stereocenters. The monoisotopic (exact) mass is 520 g/mol. The van der Waals surface area contributed by atoms with Crippen molar-refractivity contribution in [3.8, 4) is 11.5 Å². The van der Waals surface area contributed by atoms with Gasteiger partial charge in [-0.25, -0.2) is 0 Å². The van der Waals surface area contributed by atoms with Crippen molar-refractivity contribution in [1.82, 2.24) is 10.2 Å². The van der Waals surface area contributed by atoms with Crippen molar-refractivity contribution in [2.45, 2.75) is 37.4 Å². The molecule has 0 saturated carbocycles. The van der Waals surface area contributed by atoms with E-state index in [0.717, 1.165) is 47.7 Å². The summed E-state index contributed by atoms with van der Waals surface area (Å²) in [5, 5.41) is 14.2. The van der Waals surface area contributed by atoms with E-state index >= 15 is 0 Å². The molecule has 0 amide bonds. The highest BCUT2D eigenvalue weighted by atomic mass is 16.5. The van der Waals surface area contributed by atoms with Crippen LogP contribution >= 0.6 is 0 Å². The van der Waals surface area contributed by atoms with Crippen LogP contribution in [0.25, 0.3) is 0 Å². The van der Waals surface area contributed by atoms with Crippen molar-refractivity contribution in [2.24, 2.45) is 0 Å². The second-order valence-electron chi connectivity index (χ2n) is 9.75. The first kappa shape index (κ1) is 29.7. The molecule has 0 aliphatic rings. The van der Waals surface area contributed by atoms with E-state index in [1.165, 1.54) is 19.3 Å². The molecule has 1 atom stereocenters. The Hall–Kier alpha value is -2.90. The van der Waals surface area contributed by atoms with Crippen LogP contribution in [-0.4, -0.2) is 70.7 Å². The van der Waals surface area contributed by atoms with Crippen LogP contribution in [0.4, 0.5) is 0 Å². The lowest BCUT2D eigenvalue weighted by Gasteiger charge is -2.37. The maximum atomic E-state index is 11.0. The smallest absolute Gasteiger partial charge is 0.143 e. The molecule has 0 bridgehead atoms. The van der Waals surface area contributed by atoms with Crippen LogP contribution in [0.3, 0.4) is 0 Å². The van der Waals surface area contributed by atoms with E-state index < -0.39 is 11.7 Å². The van der Waals surface area contributed by atoms with Gasteiger partial charge >= 0.3 is 0 Å². The Balaban J connectivity index is 1.83. The van der Waals surface area contributed by atoms with Crippen LogP contribution in [-0.2, 0) is 10.3 Å². The maximum Gasteiger partial charge on any atom is 0.143 e. The van der Waals surface area contributed by atoms with Gasteiger partial charge in [0.2, 0.25) is 0 Å². The highest BCUT2D eigenvalue weighted by molar-refractivity contribution is 5.49. The van der Waals surface area contributed by atoms with E-state index in [1.807, 2.05) is 73.8 Å². The lowest BCUT2D eigenvalue weighted by molar-refractivity contribution is -0.0449. The van der Waals surface area contributed by atoms with Gasteiger partial charge in [0.05, 0.1) is 26.9 Å². The van der Waals surface area contributed by atoms with Crippen molar-refractivity contribution in [1.29, 1.82) is 0 Å². The van der Waals surface area contributed by atoms with Gasteiger partial charge in [-0.15, -0.1) is 0 Å². The molecule has 0 spiro atoms. The topological polar surface area (TPSA) is 63.2 Å². The number of hydrogen-bond donors (Lipinski definition) is 2. The molecule has 6 heteroatoms. The first-order valence-corrected chi connectivity index (χ1v) is 13.5. The van der Waals surface area contributed by atoms with Crippen molar-refractivity contribution in [3.05, 3.63) is 95.6 Å². The first-order valence-electron chi connectivity index (χ1n) is 13.5. The lowest BCUT2D eigenvalue weighted by atomic mass is 9.80. The Morgan fingerprint density at radius 1 is 0.763 bits per heavy atom. The summed E-state index contributed by atoms with van der Waals surface area (Å²) in [5.74, 6) is 1.55. The molecule has 2 N–H and O–H groups in total. The van der Waals surface area contributed by atoms with Crippen LogP contribution in [0.5, 0.6) is 11.5 Å². The number of nitrogens with zero attached hydrogens (tertiary/aromatic N) is 1. The van der Waals surface area contributed by atoms with Gasteiger partial charge in [-0.05, 0) is 81.0 Å². The fourth-order valence-electron chi connectivity index (χ4n) is 4.84. The van der Waals surface area contributed by atoms with Gasteiger partial charge < -0.3 is 29.5 Å². The van der Waals surface area contributed by atoms with Crippen molar-refractivity contribution in [3.63, 3.8) is 0 Å². The second-order valence-corrected chi connectivity index (χ2v) is 9.75. The number of benzene rings is 3. The molecular weight excluding hydrogens is 476 g/mol. The molecule has 0 aromatic heterocycles. The van der Waals surface area contributed by atoms with E-state index in [-0.39, 0.29) is 6.61 Å². The summed E-state index contributed by atoms with van der Waals surface area (Å²) >= 11 is 0. The molecule has 6 nitrogen and oxygen atoms in total. The Morgan fingerprint density at radius 2 is 1.29 bits per heavy atom. The van der Waals surface area contributed by atoms with Gasteiger partial charge in [0.15, 0.2) is 0 Å². The standard InChI is InChI=1S/C32H44N2O4/c1-33-22-10-5-6-11-23-34(2)24-29(35)25-38-32(26-12-8-7-9-13-26,27-14-18-30(36-3)19-15-27)28-16-20-31(37-4)21-17-28/h7-9,12-21,29,33,35H,5-6,10-11,22-25H2,1-4H3/t29-/m0/s1. The molecule has 0 aliphatic heterocycles. The minimum absolute atomic E-state index is 0.180. The van der Waals surface area contributed by atoms with Gasteiger partial charge in [-0.2, -0.15) is 0 Å². The molecular formula is C32H44N2O4. The van der Waals surface area contributed by atoms with E-state index in [0.29, 0.717) is 6.54 Å². The Morgan fingerprint density at radius 3 is 1.82 bits per heavy atom. The second kappa shape index (κ2) is 15.5. The lowest BCUT2D eigenvalue weighted by Crippen LogP contribution is -2.39. The highest BCUT2D eigenvalue weighted by Gasteiger charge is 2.38. The summed E-state index contributed by atoms with van der Waals surface area (Å²) in [4.78, 5) is 2.19. The Kier molecular flexibility index (Phi) is 12.1. The van der Waals surface area contributed by atoms with Gasteiger partial charge in [-0.1, -0.05) is 67.4 Å². The minimum atomic E-state index is -0.924. The number of nitrogens with one attached hydrogen (secondary N) is 1. The predicted molar refractivity (Wildman–Crippen MR) is 154 cm³/mol. The summed E-state index contributed by atoms with van der Waals surface area (Å²) in [6.07, 6.45) is 4.12. The first-order chi connectivity index (χ1) is 18.5. The third-order valence-electron chi connectivity index (χ3n) is 6.90. The van der Waals surface area contributed by atoms with Crippen LogP contribution in [0, 0.1) is 0 Å². The third kappa shape index (κ3) is 8.05. The van der Waals surface area contributed by atoms with Crippen LogP contribution in [0.15, 0.2) is 78.9 Å². The average molecular weight is 521 g/mol. The zero-order valence-corrected chi connectivity index (χ0v) is 23.4. The fraction of sp³-hybridized carbons (Fsp3) is 0.438. The van der Waals surface area contributed by atoms with Crippen molar-refractivity contribution >= 4 is 0 Å². The number of unbranched alkanes of at least 4 members (excludes halogenated alkanes) is 3. The molecule has 0 radical (unpaired) electrons. The molecule has 38 heavy (non-hydrogen) atoms. The van der Waals surface area contributed by atoms with Gasteiger partial charge in [-0.3, -0.25) is 0 Å². The predicted octanol–water partition coefficient (Wildman–Crippen LogP) is 5.08. The van der Waals surface area contributed by atoms with Crippen molar-refractivity contribution < 1.29 is 19.3 Å². The molecule has 0 aliphatic carbocycles. The normalized spacial score (nSPS) is 12.5. The number of aliphatic hydroxyl groups excluding tert-OH is 1. The van der Waals surface area contributed by atoms with Gasteiger partial charge in [0.25, 0.3) is 0 Å². The fourth-order valence-corrected chi connectivity index (χ4v) is 4.84. The molecule has 0 fully saturated rings. The molecule has 3 aromatic rings. The van der Waals surface area contributed by atoms with E-state index in [2.05, 4.69) is 29.4 Å². The molecule has 3 aromatic carbocycles. The zero-order chi connectivity index (χ0) is 27.2. The summed E-state index contributed by atoms with van der Waals surface area (Å²) in [7, 11) is 7.38. The van der Waals surface area contributed by atoms with E-state index in [1.54, 1.807) is 14.2 Å². The summed E-state index contributed by atoms with van der Waals surface area (Å²) in [6, 6.07) is 26.1. The Labute approximate surface area is 228 Å². The van der Waals surface area contributed by atoms with Crippen molar-refractivity contribution in [2.75, 3.05) is 54.6 Å². The van der Waals surface area contributed by atoms with Crippen LogP contribution < -0.4 is 14.8 Å². The SMILES string of the molecule is CNCCCCCCN(C)C[C@H](O)COC(c1ccccc1)(c1ccc(OC)cc1)c1ccc(OC)cc1.